The van der Waals surface area contributed by atoms with E-state index in [1.165, 1.54) is 36.0 Å². The molecule has 0 atom stereocenters. The zero-order valence-corrected chi connectivity index (χ0v) is 20.3. The minimum absolute atomic E-state index is 0.0182. The van der Waals surface area contributed by atoms with Crippen LogP contribution >= 0.6 is 27.7 Å². The van der Waals surface area contributed by atoms with Gasteiger partial charge in [-0.05, 0) is 82.0 Å². The third-order valence-electron chi connectivity index (χ3n) is 4.82. The third-order valence-corrected chi connectivity index (χ3v) is 6.38. The molecule has 2 aromatic rings. The number of hydrazone groups is 1. The number of hydrogen-bond donors (Lipinski definition) is 1. The number of amidine groups is 2. The molecule has 0 bridgehead atoms. The number of halogens is 2. The molecule has 0 fully saturated rings. The Morgan fingerprint density at radius 1 is 1.27 bits per heavy atom. The molecule has 1 amide bonds. The maximum atomic E-state index is 13.1. The van der Waals surface area contributed by atoms with E-state index >= 15 is 0 Å². The van der Waals surface area contributed by atoms with Crippen LogP contribution in [0.2, 0.25) is 0 Å². The van der Waals surface area contributed by atoms with Crippen LogP contribution in [0.5, 0.6) is 11.5 Å². The van der Waals surface area contributed by atoms with Crippen LogP contribution < -0.4 is 9.47 Å². The summed E-state index contributed by atoms with van der Waals surface area (Å²) in [4.78, 5) is 16.7. The van der Waals surface area contributed by atoms with Crippen molar-refractivity contribution in [3.63, 3.8) is 0 Å². The van der Waals surface area contributed by atoms with E-state index in [4.69, 9.17) is 14.9 Å². The van der Waals surface area contributed by atoms with Crippen LogP contribution in [-0.4, -0.2) is 34.1 Å². The average Bonchev–Trinajstić information content (AvgIpc) is 3.19. The first-order chi connectivity index (χ1) is 15.9. The molecular weight excluding hydrogens is 511 g/mol. The summed E-state index contributed by atoms with van der Waals surface area (Å²) in [6.45, 7) is 2.27. The molecule has 4 rings (SSSR count). The number of fused-ring (bicyclic) bond motifs is 1. The van der Waals surface area contributed by atoms with E-state index in [1.807, 2.05) is 6.92 Å². The fraction of sp³-hybridized carbons (Fsp3) is 0.217. The SMILES string of the molecule is CCCC1=NN2C(=N)/C(=C\c3cc(Br)c(OCc4ccc(F)cc4)c(OC)c3)C(=O)N=C2S1. The molecule has 0 radical (unpaired) electrons. The molecule has 33 heavy (non-hydrogen) atoms. The van der Waals surface area contributed by atoms with Crippen molar-refractivity contribution in [3.05, 3.63) is 63.4 Å². The zero-order chi connectivity index (χ0) is 23.5. The molecule has 2 aliphatic rings. The number of benzene rings is 2. The van der Waals surface area contributed by atoms with E-state index in [2.05, 4.69) is 26.0 Å². The number of hydrogen-bond acceptors (Lipinski definition) is 6. The lowest BCUT2D eigenvalue weighted by molar-refractivity contribution is -0.114. The lowest BCUT2D eigenvalue weighted by atomic mass is 10.1. The van der Waals surface area contributed by atoms with Gasteiger partial charge in [0.05, 0.1) is 17.2 Å². The van der Waals surface area contributed by atoms with Gasteiger partial charge in [-0.15, -0.1) is 0 Å². The predicted octanol–water partition coefficient (Wildman–Crippen LogP) is 5.60. The minimum atomic E-state index is -0.488. The van der Waals surface area contributed by atoms with E-state index in [1.54, 1.807) is 30.3 Å². The summed E-state index contributed by atoms with van der Waals surface area (Å²) in [5, 5.41) is 15.6. The number of carbonyl (C=O) groups is 1. The first kappa shape index (κ1) is 23.2. The number of nitrogens with one attached hydrogen (secondary N) is 1. The molecule has 0 spiro atoms. The predicted molar refractivity (Wildman–Crippen MR) is 131 cm³/mol. The Bertz CT molecular complexity index is 1210. The van der Waals surface area contributed by atoms with Gasteiger partial charge in [0.2, 0.25) is 5.17 Å². The van der Waals surface area contributed by atoms with Crippen molar-refractivity contribution < 1.29 is 18.7 Å². The molecule has 0 saturated carbocycles. The number of methoxy groups -OCH3 is 1. The first-order valence-electron chi connectivity index (χ1n) is 10.1. The zero-order valence-electron chi connectivity index (χ0n) is 17.9. The smallest absolute Gasteiger partial charge is 0.283 e. The van der Waals surface area contributed by atoms with Gasteiger partial charge < -0.3 is 9.47 Å². The largest absolute Gasteiger partial charge is 0.493 e. The van der Waals surface area contributed by atoms with Gasteiger partial charge in [-0.2, -0.15) is 15.1 Å². The number of aliphatic imine (C=N–C) groups is 1. The van der Waals surface area contributed by atoms with E-state index < -0.39 is 5.91 Å². The Labute approximate surface area is 203 Å². The minimum Gasteiger partial charge on any atom is -0.493 e. The van der Waals surface area contributed by atoms with Gasteiger partial charge in [0.15, 0.2) is 17.3 Å². The van der Waals surface area contributed by atoms with Crippen molar-refractivity contribution in [2.24, 2.45) is 10.1 Å². The average molecular weight is 531 g/mol. The summed E-state index contributed by atoms with van der Waals surface area (Å²) in [7, 11) is 1.51. The van der Waals surface area contributed by atoms with Crippen LogP contribution in [0.1, 0.15) is 30.9 Å². The highest BCUT2D eigenvalue weighted by Gasteiger charge is 2.35. The summed E-state index contributed by atoms with van der Waals surface area (Å²) in [5.74, 6) is 0.0964. The number of ether oxygens (including phenoxy) is 2. The Hall–Kier alpha value is -2.98. The quantitative estimate of drug-likeness (QED) is 0.471. The van der Waals surface area contributed by atoms with Gasteiger partial charge in [-0.1, -0.05) is 19.1 Å². The Morgan fingerprint density at radius 3 is 2.73 bits per heavy atom. The summed E-state index contributed by atoms with van der Waals surface area (Å²) in [5.41, 5.74) is 1.57. The molecule has 2 heterocycles. The molecule has 1 N–H and O–H groups in total. The highest BCUT2D eigenvalue weighted by molar-refractivity contribution is 9.10. The van der Waals surface area contributed by atoms with Crippen molar-refractivity contribution in [3.8, 4) is 11.5 Å². The van der Waals surface area contributed by atoms with Gasteiger partial charge in [0.1, 0.15) is 17.5 Å². The van der Waals surface area contributed by atoms with Crippen LogP contribution in [0, 0.1) is 11.2 Å². The van der Waals surface area contributed by atoms with Gasteiger partial charge in [-0.25, -0.2) is 4.39 Å². The fourth-order valence-electron chi connectivity index (χ4n) is 3.21. The van der Waals surface area contributed by atoms with Crippen LogP contribution in [0.25, 0.3) is 6.08 Å². The summed E-state index contributed by atoms with van der Waals surface area (Å²) >= 11 is 4.82. The van der Waals surface area contributed by atoms with Crippen molar-refractivity contribution >= 4 is 55.7 Å². The number of carbonyl (C=O) groups excluding carboxylic acids is 1. The molecule has 0 aliphatic carbocycles. The number of rotatable bonds is 7. The Kier molecular flexibility index (Phi) is 6.94. The number of nitrogens with zero attached hydrogens (tertiary/aromatic N) is 3. The molecule has 0 aromatic heterocycles. The standard InChI is InChI=1S/C23H20BrFN4O3S/c1-3-4-19-28-29-21(26)16(22(30)27-23(29)33-19)9-14-10-17(24)20(18(11-14)31-2)32-12-13-5-7-15(25)8-6-13/h5-11,26H,3-4,12H2,1-2H3/b16-9+,26-21?. The van der Waals surface area contributed by atoms with E-state index in [0.717, 1.165) is 23.4 Å². The molecule has 2 aromatic carbocycles. The summed E-state index contributed by atoms with van der Waals surface area (Å²) in [6, 6.07) is 9.52. The molecule has 7 nitrogen and oxygen atoms in total. The van der Waals surface area contributed by atoms with Crippen LogP contribution in [0.4, 0.5) is 4.39 Å². The normalized spacial score (nSPS) is 16.6. The van der Waals surface area contributed by atoms with Crippen LogP contribution in [0.15, 0.2) is 56.5 Å². The fourth-order valence-corrected chi connectivity index (χ4v) is 4.77. The Balaban J connectivity index is 1.59. The highest BCUT2D eigenvalue weighted by atomic mass is 79.9. The molecule has 2 aliphatic heterocycles. The molecule has 0 saturated heterocycles. The lowest BCUT2D eigenvalue weighted by Gasteiger charge is -2.20. The van der Waals surface area contributed by atoms with Crippen molar-refractivity contribution in [1.29, 1.82) is 5.41 Å². The van der Waals surface area contributed by atoms with Crippen molar-refractivity contribution in [2.75, 3.05) is 7.11 Å². The monoisotopic (exact) mass is 530 g/mol. The Morgan fingerprint density at radius 2 is 2.03 bits per heavy atom. The maximum Gasteiger partial charge on any atom is 0.283 e. The van der Waals surface area contributed by atoms with Crippen LogP contribution in [-0.2, 0) is 11.4 Å². The van der Waals surface area contributed by atoms with E-state index in [9.17, 15) is 9.18 Å². The van der Waals surface area contributed by atoms with Crippen molar-refractivity contribution in [2.45, 2.75) is 26.4 Å². The number of amides is 1. The second-order valence-electron chi connectivity index (χ2n) is 7.21. The maximum absolute atomic E-state index is 13.1. The molecule has 170 valence electrons. The van der Waals surface area contributed by atoms with E-state index in [0.29, 0.717) is 26.7 Å². The summed E-state index contributed by atoms with van der Waals surface area (Å²) in [6.07, 6.45) is 3.27. The first-order valence-corrected chi connectivity index (χ1v) is 11.7. The second kappa shape index (κ2) is 9.88. The molecule has 0 unspecified atom stereocenters. The van der Waals surface area contributed by atoms with Gasteiger partial charge >= 0.3 is 0 Å². The lowest BCUT2D eigenvalue weighted by Crippen LogP contribution is -2.35. The summed E-state index contributed by atoms with van der Waals surface area (Å²) < 4.78 is 25.1. The third kappa shape index (κ3) is 5.01. The van der Waals surface area contributed by atoms with Gasteiger partial charge in [0, 0.05) is 0 Å². The van der Waals surface area contributed by atoms with Crippen molar-refractivity contribution in [1.82, 2.24) is 5.01 Å². The van der Waals surface area contributed by atoms with Crippen LogP contribution in [0.3, 0.4) is 0 Å². The van der Waals surface area contributed by atoms with Gasteiger partial charge in [-0.3, -0.25) is 10.2 Å². The topological polar surface area (TPSA) is 87.3 Å². The second-order valence-corrected chi connectivity index (χ2v) is 9.11. The van der Waals surface area contributed by atoms with E-state index in [-0.39, 0.29) is 23.8 Å². The van der Waals surface area contributed by atoms with Gasteiger partial charge in [0.25, 0.3) is 5.91 Å². The number of thioether (sulfide) groups is 1. The highest BCUT2D eigenvalue weighted by Crippen LogP contribution is 2.38. The molecular formula is C23H20BrFN4O3S. The molecule has 10 heteroatoms.